The second-order valence-corrected chi connectivity index (χ2v) is 8.03. The number of methoxy groups -OCH3 is 1. The van der Waals surface area contributed by atoms with Crippen LogP contribution in [0.15, 0.2) is 24.3 Å². The fourth-order valence-corrected chi connectivity index (χ4v) is 2.29. The smallest absolute Gasteiger partial charge is 0.188 e. The number of para-hydroxylation sites is 1. The summed E-state index contributed by atoms with van der Waals surface area (Å²) in [7, 11) is 1.10. The van der Waals surface area contributed by atoms with Crippen molar-refractivity contribution in [2.45, 2.75) is 32.4 Å². The van der Waals surface area contributed by atoms with Crippen LogP contribution in [-0.4, -0.2) is 23.7 Å². The fraction of sp³-hybridized carbons (Fsp3) is 0.538. The maximum absolute atomic E-state index is 5.82. The first kappa shape index (κ1) is 14.2. The first-order valence-corrected chi connectivity index (χ1v) is 7.09. The SMILES string of the molecule is COCOc1ccccc1CO[SiH2]C(C)(C)C. The molecule has 17 heavy (non-hydrogen) atoms. The van der Waals surface area contributed by atoms with E-state index in [1.54, 1.807) is 7.11 Å². The Kier molecular flexibility index (Phi) is 5.68. The maximum Gasteiger partial charge on any atom is 0.188 e. The Balaban J connectivity index is 2.51. The molecule has 0 aliphatic carbocycles. The highest BCUT2D eigenvalue weighted by molar-refractivity contribution is 6.31. The standard InChI is InChI=1S/C13H22O3Si/c1-13(2,3)17-16-9-11-7-5-6-8-12(11)15-10-14-4/h5-8H,9-10,17H2,1-4H3. The molecule has 0 aliphatic heterocycles. The minimum Gasteiger partial charge on any atom is -0.467 e. The molecule has 0 radical (unpaired) electrons. The van der Waals surface area contributed by atoms with Crippen molar-refractivity contribution < 1.29 is 13.9 Å². The van der Waals surface area contributed by atoms with Gasteiger partial charge < -0.3 is 13.9 Å². The van der Waals surface area contributed by atoms with Crippen molar-refractivity contribution in [1.29, 1.82) is 0 Å². The lowest BCUT2D eigenvalue weighted by atomic mass is 10.2. The van der Waals surface area contributed by atoms with Gasteiger partial charge in [0.05, 0.1) is 6.61 Å². The summed E-state index contributed by atoms with van der Waals surface area (Å²) >= 11 is 0. The van der Waals surface area contributed by atoms with E-state index in [-0.39, 0.29) is 6.79 Å². The lowest BCUT2D eigenvalue weighted by Gasteiger charge is -2.18. The first-order valence-electron chi connectivity index (χ1n) is 5.80. The van der Waals surface area contributed by atoms with Gasteiger partial charge in [-0.3, -0.25) is 0 Å². The van der Waals surface area contributed by atoms with E-state index in [9.17, 15) is 0 Å². The topological polar surface area (TPSA) is 27.7 Å². The van der Waals surface area contributed by atoms with E-state index in [2.05, 4.69) is 20.8 Å². The van der Waals surface area contributed by atoms with Crippen LogP contribution < -0.4 is 4.74 Å². The normalized spacial score (nSPS) is 12.2. The first-order chi connectivity index (χ1) is 8.03. The highest BCUT2D eigenvalue weighted by atomic mass is 28.2. The minimum atomic E-state index is -0.516. The molecule has 1 rings (SSSR count). The summed E-state index contributed by atoms with van der Waals surface area (Å²) in [5.74, 6) is 0.845. The van der Waals surface area contributed by atoms with Gasteiger partial charge in [0.1, 0.15) is 5.75 Å². The number of rotatable bonds is 6. The second kappa shape index (κ2) is 6.79. The van der Waals surface area contributed by atoms with E-state index in [1.807, 2.05) is 24.3 Å². The van der Waals surface area contributed by atoms with Gasteiger partial charge in [-0.25, -0.2) is 0 Å². The summed E-state index contributed by atoms with van der Waals surface area (Å²) in [6.45, 7) is 7.54. The number of hydrogen-bond donors (Lipinski definition) is 0. The monoisotopic (exact) mass is 254 g/mol. The van der Waals surface area contributed by atoms with E-state index in [0.29, 0.717) is 11.6 Å². The van der Waals surface area contributed by atoms with E-state index >= 15 is 0 Å². The lowest BCUT2D eigenvalue weighted by Crippen LogP contribution is -2.12. The average molecular weight is 254 g/mol. The van der Waals surface area contributed by atoms with Crippen LogP contribution in [0.1, 0.15) is 26.3 Å². The summed E-state index contributed by atoms with van der Waals surface area (Å²) in [6, 6.07) is 7.92. The molecule has 0 spiro atoms. The molecule has 0 saturated heterocycles. The zero-order valence-electron chi connectivity index (χ0n) is 11.2. The third-order valence-electron chi connectivity index (χ3n) is 2.10. The van der Waals surface area contributed by atoms with Crippen molar-refractivity contribution in [2.24, 2.45) is 0 Å². The second-order valence-electron chi connectivity index (χ2n) is 5.21. The summed E-state index contributed by atoms with van der Waals surface area (Å²) < 4.78 is 16.2. The van der Waals surface area contributed by atoms with Gasteiger partial charge >= 0.3 is 0 Å². The van der Waals surface area contributed by atoms with E-state index < -0.39 is 9.76 Å². The molecule has 0 atom stereocenters. The minimum absolute atomic E-state index is 0.272. The van der Waals surface area contributed by atoms with Crippen molar-refractivity contribution in [1.82, 2.24) is 0 Å². The zero-order valence-corrected chi connectivity index (χ0v) is 12.6. The van der Waals surface area contributed by atoms with E-state index in [0.717, 1.165) is 11.3 Å². The van der Waals surface area contributed by atoms with E-state index in [1.165, 1.54) is 0 Å². The Morgan fingerprint density at radius 3 is 2.53 bits per heavy atom. The van der Waals surface area contributed by atoms with Gasteiger partial charge in [-0.05, 0) is 11.1 Å². The van der Waals surface area contributed by atoms with Gasteiger partial charge in [-0.2, -0.15) is 0 Å². The van der Waals surface area contributed by atoms with Crippen LogP contribution in [0.25, 0.3) is 0 Å². The van der Waals surface area contributed by atoms with Crippen LogP contribution in [0.3, 0.4) is 0 Å². The Bertz CT molecular complexity index is 334. The molecule has 0 unspecified atom stereocenters. The maximum atomic E-state index is 5.82. The molecule has 0 fully saturated rings. The molecule has 0 bridgehead atoms. The third kappa shape index (κ3) is 5.86. The van der Waals surface area contributed by atoms with Gasteiger partial charge in [0.2, 0.25) is 0 Å². The van der Waals surface area contributed by atoms with Crippen LogP contribution in [0, 0.1) is 0 Å². The summed E-state index contributed by atoms with van der Waals surface area (Å²) in [4.78, 5) is 0. The molecule has 0 N–H and O–H groups in total. The van der Waals surface area contributed by atoms with Gasteiger partial charge in [0.15, 0.2) is 16.6 Å². The highest BCUT2D eigenvalue weighted by Crippen LogP contribution is 2.23. The largest absolute Gasteiger partial charge is 0.467 e. The fourth-order valence-electron chi connectivity index (χ4n) is 1.35. The Morgan fingerprint density at radius 1 is 1.18 bits per heavy atom. The van der Waals surface area contributed by atoms with Crippen LogP contribution in [0.4, 0.5) is 0 Å². The van der Waals surface area contributed by atoms with Gasteiger partial charge in [-0.1, -0.05) is 39.0 Å². The number of ether oxygens (including phenoxy) is 2. The summed E-state index contributed by atoms with van der Waals surface area (Å²) in [5.41, 5.74) is 1.08. The van der Waals surface area contributed by atoms with Crippen molar-refractivity contribution in [3.8, 4) is 5.75 Å². The average Bonchev–Trinajstić information content (AvgIpc) is 2.26. The third-order valence-corrected chi connectivity index (χ3v) is 3.37. The lowest BCUT2D eigenvalue weighted by molar-refractivity contribution is 0.0497. The van der Waals surface area contributed by atoms with Crippen LogP contribution in [-0.2, 0) is 15.8 Å². The predicted octanol–water partition coefficient (Wildman–Crippen LogP) is 2.49. The molecule has 0 aliphatic rings. The quantitative estimate of drug-likeness (QED) is 0.576. The van der Waals surface area contributed by atoms with Crippen LogP contribution >= 0.6 is 0 Å². The molecule has 1 aromatic rings. The molecule has 0 saturated carbocycles. The van der Waals surface area contributed by atoms with Crippen molar-refractivity contribution in [2.75, 3.05) is 13.9 Å². The van der Waals surface area contributed by atoms with Crippen molar-refractivity contribution in [3.63, 3.8) is 0 Å². The van der Waals surface area contributed by atoms with Crippen molar-refractivity contribution >= 4 is 9.76 Å². The van der Waals surface area contributed by atoms with Crippen LogP contribution in [0.2, 0.25) is 5.04 Å². The predicted molar refractivity (Wildman–Crippen MR) is 72.0 cm³/mol. The molecular formula is C13H22O3Si. The van der Waals surface area contributed by atoms with Crippen molar-refractivity contribution in [3.05, 3.63) is 29.8 Å². The molecule has 4 heteroatoms. The van der Waals surface area contributed by atoms with Gasteiger partial charge in [0.25, 0.3) is 0 Å². The number of hydrogen-bond acceptors (Lipinski definition) is 3. The molecule has 0 amide bonds. The Hall–Kier alpha value is -0.843. The van der Waals surface area contributed by atoms with Gasteiger partial charge in [0, 0.05) is 12.7 Å². The molecule has 96 valence electrons. The Morgan fingerprint density at radius 2 is 1.88 bits per heavy atom. The van der Waals surface area contributed by atoms with E-state index in [4.69, 9.17) is 13.9 Å². The highest BCUT2D eigenvalue weighted by Gasteiger charge is 2.12. The molecule has 1 aromatic carbocycles. The Labute approximate surface area is 106 Å². The number of benzene rings is 1. The molecule has 0 heterocycles. The summed E-state index contributed by atoms with van der Waals surface area (Å²) in [5, 5.41) is 0.322. The molecular weight excluding hydrogens is 232 g/mol. The zero-order chi connectivity index (χ0) is 12.7. The van der Waals surface area contributed by atoms with Gasteiger partial charge in [-0.15, -0.1) is 0 Å². The molecule has 3 nitrogen and oxygen atoms in total. The summed E-state index contributed by atoms with van der Waals surface area (Å²) in [6.07, 6.45) is 0. The van der Waals surface area contributed by atoms with Crippen LogP contribution in [0.5, 0.6) is 5.75 Å². The molecule has 0 aromatic heterocycles.